The molecule has 0 bridgehead atoms. The number of rotatable bonds is 5. The predicted octanol–water partition coefficient (Wildman–Crippen LogP) is 3.47. The van der Waals surface area contributed by atoms with Crippen molar-refractivity contribution in [1.29, 1.82) is 0 Å². The molecule has 1 aliphatic rings. The highest BCUT2D eigenvalue weighted by Crippen LogP contribution is 2.27. The third-order valence-corrected chi connectivity index (χ3v) is 7.79. The maximum atomic E-state index is 13.4. The summed E-state index contributed by atoms with van der Waals surface area (Å²) in [6.07, 6.45) is 2.25. The lowest BCUT2D eigenvalue weighted by Crippen LogP contribution is -2.37. The van der Waals surface area contributed by atoms with Crippen LogP contribution >= 0.6 is 0 Å². The summed E-state index contributed by atoms with van der Waals surface area (Å²) in [6, 6.07) is 15.7. The number of carbonyl (C=O) groups excluding carboxylic acids is 1. The van der Waals surface area contributed by atoms with Gasteiger partial charge in [-0.2, -0.15) is 5.10 Å². The Kier molecular flexibility index (Phi) is 5.71. The van der Waals surface area contributed by atoms with E-state index in [1.54, 1.807) is 22.8 Å². The summed E-state index contributed by atoms with van der Waals surface area (Å²) >= 11 is 0. The van der Waals surface area contributed by atoms with E-state index in [-0.39, 0.29) is 23.5 Å². The molecule has 0 aliphatic carbocycles. The average molecular weight is 438 g/mol. The van der Waals surface area contributed by atoms with Crippen LogP contribution in [0.4, 0.5) is 0 Å². The molecule has 0 unspecified atom stereocenters. The molecular weight excluding hydrogens is 410 g/mol. The van der Waals surface area contributed by atoms with Gasteiger partial charge in [0.25, 0.3) is 5.91 Å². The molecule has 31 heavy (non-hydrogen) atoms. The van der Waals surface area contributed by atoms with Gasteiger partial charge in [-0.25, -0.2) is 8.42 Å². The monoisotopic (exact) mass is 437 g/mol. The first-order chi connectivity index (χ1) is 14.7. The first-order valence-electron chi connectivity index (χ1n) is 10.4. The lowest BCUT2D eigenvalue weighted by Gasteiger charge is -2.23. The van der Waals surface area contributed by atoms with Gasteiger partial charge in [-0.15, -0.1) is 0 Å². The van der Waals surface area contributed by atoms with E-state index in [1.165, 1.54) is 5.56 Å². The van der Waals surface area contributed by atoms with Gasteiger partial charge in [0.1, 0.15) is 5.69 Å². The molecule has 2 heterocycles. The second kappa shape index (κ2) is 8.30. The number of carbonyl (C=O) groups is 1. The van der Waals surface area contributed by atoms with Crippen LogP contribution in [0, 0.1) is 13.8 Å². The Bertz CT molecular complexity index is 1220. The fourth-order valence-corrected chi connectivity index (χ4v) is 5.74. The summed E-state index contributed by atoms with van der Waals surface area (Å²) in [5.74, 6) is -0.0477. The summed E-state index contributed by atoms with van der Waals surface area (Å²) in [5.41, 5.74) is 5.39. The van der Waals surface area contributed by atoms with Crippen molar-refractivity contribution in [2.75, 3.05) is 18.6 Å². The third kappa shape index (κ3) is 4.56. The van der Waals surface area contributed by atoms with Crippen molar-refractivity contribution >= 4 is 15.7 Å². The Hall–Kier alpha value is -2.93. The van der Waals surface area contributed by atoms with Crippen LogP contribution < -0.4 is 0 Å². The maximum absolute atomic E-state index is 13.4. The van der Waals surface area contributed by atoms with Crippen molar-refractivity contribution < 1.29 is 13.2 Å². The summed E-state index contributed by atoms with van der Waals surface area (Å²) in [6.45, 7) is 4.64. The van der Waals surface area contributed by atoms with E-state index in [0.29, 0.717) is 24.2 Å². The minimum absolute atomic E-state index is 0.0202. The lowest BCUT2D eigenvalue weighted by molar-refractivity contribution is 0.0748. The molecule has 1 amide bonds. The largest absolute Gasteiger partial charge is 0.338 e. The van der Waals surface area contributed by atoms with Gasteiger partial charge in [-0.1, -0.05) is 42.5 Å². The van der Waals surface area contributed by atoms with Crippen LogP contribution in [0.2, 0.25) is 0 Å². The molecule has 1 aromatic heterocycles. The summed E-state index contributed by atoms with van der Waals surface area (Å²) in [7, 11) is -1.39. The summed E-state index contributed by atoms with van der Waals surface area (Å²) in [5, 5.41) is 4.76. The van der Waals surface area contributed by atoms with Crippen molar-refractivity contribution in [3.8, 4) is 11.3 Å². The third-order valence-electron chi connectivity index (χ3n) is 6.04. The number of nitrogens with zero attached hydrogens (tertiary/aromatic N) is 3. The van der Waals surface area contributed by atoms with E-state index < -0.39 is 9.84 Å². The van der Waals surface area contributed by atoms with Gasteiger partial charge in [0.05, 0.1) is 23.6 Å². The number of benzene rings is 2. The van der Waals surface area contributed by atoms with E-state index in [9.17, 15) is 13.2 Å². The molecule has 0 spiro atoms. The number of hydrogen-bond donors (Lipinski definition) is 0. The highest BCUT2D eigenvalue weighted by Gasteiger charge is 2.34. The second-order valence-corrected chi connectivity index (χ2v) is 10.6. The van der Waals surface area contributed by atoms with Gasteiger partial charge < -0.3 is 4.90 Å². The first-order valence-corrected chi connectivity index (χ1v) is 12.2. The van der Waals surface area contributed by atoms with Crippen LogP contribution in [0.5, 0.6) is 0 Å². The van der Waals surface area contributed by atoms with E-state index in [0.717, 1.165) is 16.7 Å². The van der Waals surface area contributed by atoms with Crippen molar-refractivity contribution in [3.05, 3.63) is 77.0 Å². The molecule has 6 nitrogen and oxygen atoms in total. The highest BCUT2D eigenvalue weighted by atomic mass is 32.2. The normalized spacial score (nSPS) is 17.6. The number of hydrogen-bond acceptors (Lipinski definition) is 4. The van der Waals surface area contributed by atoms with Crippen LogP contribution in [0.15, 0.2) is 54.7 Å². The molecule has 162 valence electrons. The minimum Gasteiger partial charge on any atom is -0.338 e. The Morgan fingerprint density at radius 3 is 2.52 bits per heavy atom. The zero-order valence-electron chi connectivity index (χ0n) is 18.1. The van der Waals surface area contributed by atoms with Gasteiger partial charge in [0.15, 0.2) is 9.84 Å². The minimum atomic E-state index is -3.08. The molecule has 0 saturated carbocycles. The number of aryl methyl sites for hydroxylation is 2. The number of amides is 1. The van der Waals surface area contributed by atoms with Gasteiger partial charge in [0, 0.05) is 24.8 Å². The topological polar surface area (TPSA) is 72.3 Å². The van der Waals surface area contributed by atoms with Crippen molar-refractivity contribution in [1.82, 2.24) is 14.7 Å². The summed E-state index contributed by atoms with van der Waals surface area (Å²) < 4.78 is 25.6. The lowest BCUT2D eigenvalue weighted by atomic mass is 10.0. The fourth-order valence-electron chi connectivity index (χ4n) is 3.97. The van der Waals surface area contributed by atoms with Crippen LogP contribution in [-0.4, -0.2) is 53.6 Å². The zero-order valence-corrected chi connectivity index (χ0v) is 18.9. The molecule has 0 radical (unpaired) electrons. The predicted molar refractivity (Wildman–Crippen MR) is 122 cm³/mol. The standard InChI is InChI=1S/C24H27N3O3S/c1-17-9-10-20(13-18(17)2)23-22(15-27(25-23)14-19-7-5-4-6-8-19)24(28)26(3)21-11-12-31(29,30)16-21/h4-10,13,15,21H,11-12,14,16H2,1-3H3/t21-/m0/s1. The van der Waals surface area contributed by atoms with Gasteiger partial charge in [0.2, 0.25) is 0 Å². The number of aromatic nitrogens is 2. The summed E-state index contributed by atoms with van der Waals surface area (Å²) in [4.78, 5) is 15.0. The maximum Gasteiger partial charge on any atom is 0.257 e. The van der Waals surface area contributed by atoms with Crippen molar-refractivity contribution in [2.24, 2.45) is 0 Å². The molecule has 1 atom stereocenters. The molecule has 2 aromatic carbocycles. The molecule has 7 heteroatoms. The second-order valence-electron chi connectivity index (χ2n) is 8.35. The van der Waals surface area contributed by atoms with Gasteiger partial charge in [-0.3, -0.25) is 9.48 Å². The molecule has 3 aromatic rings. The molecule has 1 fully saturated rings. The Balaban J connectivity index is 1.72. The Morgan fingerprint density at radius 2 is 1.87 bits per heavy atom. The Labute approximate surface area is 183 Å². The van der Waals surface area contributed by atoms with E-state index in [2.05, 4.69) is 0 Å². The van der Waals surface area contributed by atoms with Gasteiger partial charge >= 0.3 is 0 Å². The quantitative estimate of drug-likeness (QED) is 0.613. The molecule has 1 saturated heterocycles. The SMILES string of the molecule is Cc1ccc(-c2nn(Cc3ccccc3)cc2C(=O)N(C)[C@H]2CCS(=O)(=O)C2)cc1C. The van der Waals surface area contributed by atoms with Crippen LogP contribution in [-0.2, 0) is 16.4 Å². The van der Waals surface area contributed by atoms with Gasteiger partial charge in [-0.05, 0) is 43.0 Å². The first kappa shape index (κ1) is 21.3. The fraction of sp³-hybridized carbons (Fsp3) is 0.333. The molecular formula is C24H27N3O3S. The van der Waals surface area contributed by atoms with E-state index >= 15 is 0 Å². The zero-order chi connectivity index (χ0) is 22.2. The molecule has 4 rings (SSSR count). The Morgan fingerprint density at radius 1 is 1.13 bits per heavy atom. The van der Waals surface area contributed by atoms with Crippen LogP contribution in [0.3, 0.4) is 0 Å². The van der Waals surface area contributed by atoms with Crippen LogP contribution in [0.1, 0.15) is 33.5 Å². The highest BCUT2D eigenvalue weighted by molar-refractivity contribution is 7.91. The van der Waals surface area contributed by atoms with Crippen molar-refractivity contribution in [3.63, 3.8) is 0 Å². The average Bonchev–Trinajstić information content (AvgIpc) is 3.32. The van der Waals surface area contributed by atoms with E-state index in [4.69, 9.17) is 5.10 Å². The van der Waals surface area contributed by atoms with Crippen molar-refractivity contribution in [2.45, 2.75) is 32.9 Å². The van der Waals surface area contributed by atoms with E-state index in [1.807, 2.05) is 62.4 Å². The van der Waals surface area contributed by atoms with Crippen LogP contribution in [0.25, 0.3) is 11.3 Å². The number of sulfone groups is 1. The molecule has 0 N–H and O–H groups in total. The smallest absolute Gasteiger partial charge is 0.257 e. The molecule has 1 aliphatic heterocycles.